The first-order chi connectivity index (χ1) is 10.2. The Morgan fingerprint density at radius 2 is 2.19 bits per heavy atom. The molecule has 0 unspecified atom stereocenters. The van der Waals surface area contributed by atoms with E-state index in [1.165, 1.54) is 0 Å². The van der Waals surface area contributed by atoms with Gasteiger partial charge in [-0.05, 0) is 47.1 Å². The molecule has 0 bridgehead atoms. The molecule has 0 amide bonds. The molecule has 1 aromatic carbocycles. The van der Waals surface area contributed by atoms with Gasteiger partial charge in [0.05, 0.1) is 17.3 Å². The summed E-state index contributed by atoms with van der Waals surface area (Å²) in [6.45, 7) is 4.15. The van der Waals surface area contributed by atoms with E-state index in [9.17, 15) is 0 Å². The van der Waals surface area contributed by atoms with Gasteiger partial charge in [0.25, 0.3) is 0 Å². The van der Waals surface area contributed by atoms with Gasteiger partial charge in [-0.15, -0.1) is 0 Å². The number of hydrogen-bond acceptors (Lipinski definition) is 5. The van der Waals surface area contributed by atoms with E-state index in [1.807, 2.05) is 24.3 Å². The number of ether oxygens (including phenoxy) is 2. The van der Waals surface area contributed by atoms with E-state index in [0.29, 0.717) is 18.9 Å². The van der Waals surface area contributed by atoms with E-state index >= 15 is 0 Å². The van der Waals surface area contributed by atoms with E-state index < -0.39 is 0 Å². The van der Waals surface area contributed by atoms with Gasteiger partial charge < -0.3 is 19.3 Å². The van der Waals surface area contributed by atoms with Gasteiger partial charge in [0, 0.05) is 12.6 Å². The van der Waals surface area contributed by atoms with Crippen LogP contribution in [0.15, 0.2) is 33.3 Å². The largest absolute Gasteiger partial charge is 0.497 e. The van der Waals surface area contributed by atoms with Crippen molar-refractivity contribution in [2.45, 2.75) is 26.5 Å². The lowest BCUT2D eigenvalue weighted by Gasteiger charge is -2.07. The molecule has 0 spiro atoms. The Kier molecular flexibility index (Phi) is 6.07. The van der Waals surface area contributed by atoms with Gasteiger partial charge in [0.2, 0.25) is 0 Å². The molecule has 0 aliphatic carbocycles. The van der Waals surface area contributed by atoms with E-state index in [-0.39, 0.29) is 0 Å². The maximum absolute atomic E-state index is 5.70. The van der Waals surface area contributed by atoms with Crippen LogP contribution in [0.4, 0.5) is 0 Å². The van der Waals surface area contributed by atoms with E-state index in [1.54, 1.807) is 7.11 Å². The van der Waals surface area contributed by atoms with Crippen LogP contribution in [-0.4, -0.2) is 18.8 Å². The number of aromatic nitrogens is 1. The fourth-order valence-corrected chi connectivity index (χ4v) is 2.25. The second-order valence-corrected chi connectivity index (χ2v) is 5.40. The zero-order chi connectivity index (χ0) is 15.1. The van der Waals surface area contributed by atoms with Crippen molar-refractivity contribution in [1.29, 1.82) is 0 Å². The molecule has 2 rings (SSSR count). The van der Waals surface area contributed by atoms with Crippen LogP contribution in [0.5, 0.6) is 11.5 Å². The third-order valence-corrected chi connectivity index (χ3v) is 3.47. The third-order valence-electron chi connectivity index (χ3n) is 2.85. The van der Waals surface area contributed by atoms with E-state index in [0.717, 1.165) is 34.6 Å². The highest BCUT2D eigenvalue weighted by molar-refractivity contribution is 9.10. The van der Waals surface area contributed by atoms with Crippen molar-refractivity contribution < 1.29 is 14.0 Å². The molecule has 0 saturated heterocycles. The van der Waals surface area contributed by atoms with Crippen molar-refractivity contribution in [1.82, 2.24) is 10.5 Å². The van der Waals surface area contributed by atoms with Crippen molar-refractivity contribution in [3.8, 4) is 11.5 Å². The van der Waals surface area contributed by atoms with Crippen LogP contribution in [0, 0.1) is 0 Å². The fourth-order valence-electron chi connectivity index (χ4n) is 1.77. The SMILES string of the molecule is CCCNCc1cc(COc2ccc(OC)cc2Br)on1. The van der Waals surface area contributed by atoms with Gasteiger partial charge in [-0.3, -0.25) is 0 Å². The van der Waals surface area contributed by atoms with Crippen LogP contribution in [0.2, 0.25) is 0 Å². The summed E-state index contributed by atoms with van der Waals surface area (Å²) in [4.78, 5) is 0. The van der Waals surface area contributed by atoms with Gasteiger partial charge >= 0.3 is 0 Å². The predicted octanol–water partition coefficient (Wildman–Crippen LogP) is 3.52. The zero-order valence-electron chi connectivity index (χ0n) is 12.2. The third kappa shape index (κ3) is 4.75. The maximum Gasteiger partial charge on any atom is 0.174 e. The van der Waals surface area contributed by atoms with Crippen LogP contribution in [0.25, 0.3) is 0 Å². The molecule has 6 heteroatoms. The van der Waals surface area contributed by atoms with Gasteiger partial charge in [-0.1, -0.05) is 12.1 Å². The lowest BCUT2D eigenvalue weighted by molar-refractivity contribution is 0.247. The summed E-state index contributed by atoms with van der Waals surface area (Å²) in [5, 5.41) is 7.28. The van der Waals surface area contributed by atoms with Crippen molar-refractivity contribution in [2.24, 2.45) is 0 Å². The number of halogens is 1. The number of benzene rings is 1. The Hall–Kier alpha value is -1.53. The van der Waals surface area contributed by atoms with Crippen molar-refractivity contribution in [3.05, 3.63) is 40.2 Å². The minimum absolute atomic E-state index is 0.339. The Labute approximate surface area is 132 Å². The second-order valence-electron chi connectivity index (χ2n) is 4.55. The lowest BCUT2D eigenvalue weighted by atomic mass is 10.3. The Bertz CT molecular complexity index is 572. The van der Waals surface area contributed by atoms with Gasteiger partial charge in [0.15, 0.2) is 5.76 Å². The molecule has 0 saturated carbocycles. The topological polar surface area (TPSA) is 56.5 Å². The Morgan fingerprint density at radius 3 is 2.90 bits per heavy atom. The molecule has 0 aliphatic rings. The van der Waals surface area contributed by atoms with E-state index in [2.05, 4.69) is 33.3 Å². The van der Waals surface area contributed by atoms with Crippen LogP contribution in [-0.2, 0) is 13.2 Å². The summed E-state index contributed by atoms with van der Waals surface area (Å²) in [6, 6.07) is 7.46. The molecule has 1 heterocycles. The number of methoxy groups -OCH3 is 1. The van der Waals surface area contributed by atoms with Crippen LogP contribution >= 0.6 is 15.9 Å². The average Bonchev–Trinajstić information content (AvgIpc) is 2.94. The average molecular weight is 355 g/mol. The highest BCUT2D eigenvalue weighted by Crippen LogP contribution is 2.29. The van der Waals surface area contributed by atoms with Crippen LogP contribution in [0.1, 0.15) is 24.8 Å². The normalized spacial score (nSPS) is 10.6. The van der Waals surface area contributed by atoms with Crippen LogP contribution in [0.3, 0.4) is 0 Å². The summed E-state index contributed by atoms with van der Waals surface area (Å²) in [6.07, 6.45) is 1.10. The quantitative estimate of drug-likeness (QED) is 0.735. The van der Waals surface area contributed by atoms with E-state index in [4.69, 9.17) is 14.0 Å². The minimum Gasteiger partial charge on any atom is -0.497 e. The molecule has 1 aromatic heterocycles. The molecule has 5 nitrogen and oxygen atoms in total. The summed E-state index contributed by atoms with van der Waals surface area (Å²) < 4.78 is 16.9. The molecule has 21 heavy (non-hydrogen) atoms. The molecule has 1 N–H and O–H groups in total. The smallest absolute Gasteiger partial charge is 0.174 e. The van der Waals surface area contributed by atoms with Crippen molar-refractivity contribution in [3.63, 3.8) is 0 Å². The number of rotatable bonds is 8. The highest BCUT2D eigenvalue weighted by atomic mass is 79.9. The molecule has 2 aromatic rings. The monoisotopic (exact) mass is 354 g/mol. The molecular weight excluding hydrogens is 336 g/mol. The van der Waals surface area contributed by atoms with Crippen LogP contribution < -0.4 is 14.8 Å². The first-order valence-electron chi connectivity index (χ1n) is 6.84. The number of hydrogen-bond donors (Lipinski definition) is 1. The Balaban J connectivity index is 1.88. The lowest BCUT2D eigenvalue weighted by Crippen LogP contribution is -2.13. The standard InChI is InChI=1S/C15H19BrN2O3/c1-3-6-17-9-11-7-13(21-18-11)10-20-15-5-4-12(19-2)8-14(15)16/h4-5,7-8,17H,3,6,9-10H2,1-2H3. The Morgan fingerprint density at radius 1 is 1.33 bits per heavy atom. The summed E-state index contributed by atoms with van der Waals surface area (Å²) >= 11 is 3.45. The zero-order valence-corrected chi connectivity index (χ0v) is 13.8. The minimum atomic E-state index is 0.339. The fraction of sp³-hybridized carbons (Fsp3) is 0.400. The highest BCUT2D eigenvalue weighted by Gasteiger charge is 2.07. The number of nitrogens with zero attached hydrogens (tertiary/aromatic N) is 1. The molecule has 0 fully saturated rings. The van der Waals surface area contributed by atoms with Gasteiger partial charge in [-0.2, -0.15) is 0 Å². The summed E-state index contributed by atoms with van der Waals surface area (Å²) in [5.41, 5.74) is 0.885. The second kappa shape index (κ2) is 8.05. The first kappa shape index (κ1) is 15.9. The molecule has 114 valence electrons. The maximum atomic E-state index is 5.70. The summed E-state index contributed by atoms with van der Waals surface area (Å²) in [5.74, 6) is 2.21. The molecular formula is C15H19BrN2O3. The van der Waals surface area contributed by atoms with Crippen molar-refractivity contribution in [2.75, 3.05) is 13.7 Å². The number of nitrogens with one attached hydrogen (secondary N) is 1. The van der Waals surface area contributed by atoms with Gasteiger partial charge in [0.1, 0.15) is 18.1 Å². The van der Waals surface area contributed by atoms with Gasteiger partial charge in [-0.25, -0.2) is 0 Å². The predicted molar refractivity (Wildman–Crippen MR) is 83.5 cm³/mol. The molecule has 0 aliphatic heterocycles. The summed E-state index contributed by atoms with van der Waals surface area (Å²) in [7, 11) is 1.63. The molecule has 0 radical (unpaired) electrons. The first-order valence-corrected chi connectivity index (χ1v) is 7.63. The van der Waals surface area contributed by atoms with Crippen molar-refractivity contribution >= 4 is 15.9 Å². The molecule has 0 atom stereocenters.